The molecule has 1 aromatic carbocycles. The molecular weight excluding hydrogens is 371 g/mol. The van der Waals surface area contributed by atoms with Crippen molar-refractivity contribution in [2.45, 2.75) is 12.8 Å². The molecule has 0 unspecified atom stereocenters. The van der Waals surface area contributed by atoms with Crippen LogP contribution in [0.5, 0.6) is 0 Å². The molecule has 0 saturated heterocycles. The van der Waals surface area contributed by atoms with Gasteiger partial charge in [-0.1, -0.05) is 15.9 Å². The Kier molecular flexibility index (Phi) is 6.24. The second kappa shape index (κ2) is 7.22. The first-order valence-electron chi connectivity index (χ1n) is 4.72. The quantitative estimate of drug-likeness (QED) is 0.336. The second-order valence-electron chi connectivity index (χ2n) is 3.04. The summed E-state index contributed by atoms with van der Waals surface area (Å²) in [6.07, 6.45) is 1.93. The fourth-order valence-electron chi connectivity index (χ4n) is 1.03. The minimum Gasteiger partial charge on any atom is -0.462 e. The molecule has 4 heteroatoms. The topological polar surface area (TPSA) is 26.3 Å². The Morgan fingerprint density at radius 1 is 1.27 bits per heavy atom. The van der Waals surface area contributed by atoms with Gasteiger partial charge in [0.2, 0.25) is 0 Å². The Morgan fingerprint density at radius 2 is 1.93 bits per heavy atom. The maximum atomic E-state index is 11.5. The molecule has 0 heterocycles. The molecule has 0 aliphatic carbocycles. The normalized spacial score (nSPS) is 10.0. The predicted octanol–water partition coefficient (Wildman–Crippen LogP) is 3.62. The molecule has 82 valence electrons. The van der Waals surface area contributed by atoms with E-state index in [1.807, 2.05) is 12.1 Å². The number of alkyl halides is 1. The number of unbranched alkanes of at least 4 members (excludes halogenated alkanes) is 1. The Bertz CT molecular complexity index is 311. The van der Waals surface area contributed by atoms with Crippen molar-refractivity contribution in [3.63, 3.8) is 0 Å². The van der Waals surface area contributed by atoms with E-state index in [1.54, 1.807) is 12.1 Å². The van der Waals surface area contributed by atoms with Crippen LogP contribution in [-0.2, 0) is 4.74 Å². The highest BCUT2D eigenvalue weighted by molar-refractivity contribution is 14.1. The Balaban J connectivity index is 2.37. The fourth-order valence-corrected chi connectivity index (χ4v) is 1.79. The van der Waals surface area contributed by atoms with Crippen molar-refractivity contribution >= 4 is 44.5 Å². The van der Waals surface area contributed by atoms with Crippen molar-refractivity contribution < 1.29 is 9.53 Å². The van der Waals surface area contributed by atoms with Gasteiger partial charge in [-0.15, -0.1) is 0 Å². The lowest BCUT2D eigenvalue weighted by Gasteiger charge is -2.03. The van der Waals surface area contributed by atoms with E-state index < -0.39 is 0 Å². The van der Waals surface area contributed by atoms with Crippen LogP contribution in [0.15, 0.2) is 24.3 Å². The summed E-state index contributed by atoms with van der Waals surface area (Å²) in [6.45, 7) is 0.496. The lowest BCUT2D eigenvalue weighted by molar-refractivity contribution is 0.0500. The molecule has 0 radical (unpaired) electrons. The summed E-state index contributed by atoms with van der Waals surface area (Å²) in [5, 5.41) is 0.952. The first-order valence-corrected chi connectivity index (χ1v) is 6.92. The van der Waals surface area contributed by atoms with Gasteiger partial charge in [0, 0.05) is 8.90 Å². The molecule has 0 aromatic heterocycles. The summed E-state index contributed by atoms with van der Waals surface area (Å²) >= 11 is 5.53. The number of esters is 1. The third-order valence-corrected chi connectivity index (χ3v) is 3.12. The number of halogens is 2. The number of rotatable bonds is 5. The Hall–Kier alpha value is -0.100. The van der Waals surface area contributed by atoms with Crippen molar-refractivity contribution in [2.24, 2.45) is 0 Å². The average Bonchev–Trinajstić information content (AvgIpc) is 2.25. The van der Waals surface area contributed by atoms with E-state index in [1.165, 1.54) is 0 Å². The van der Waals surface area contributed by atoms with E-state index in [0.717, 1.165) is 21.7 Å². The minimum atomic E-state index is -0.235. The van der Waals surface area contributed by atoms with Gasteiger partial charge in [0.1, 0.15) is 0 Å². The van der Waals surface area contributed by atoms with Gasteiger partial charge in [-0.05, 0) is 59.7 Å². The number of hydrogen-bond donors (Lipinski definition) is 0. The van der Waals surface area contributed by atoms with Gasteiger partial charge in [0.25, 0.3) is 0 Å². The molecule has 0 fully saturated rings. The zero-order chi connectivity index (χ0) is 11.1. The van der Waals surface area contributed by atoms with Gasteiger partial charge in [-0.3, -0.25) is 0 Å². The highest BCUT2D eigenvalue weighted by atomic mass is 127. The van der Waals surface area contributed by atoms with E-state index in [9.17, 15) is 4.79 Å². The molecule has 15 heavy (non-hydrogen) atoms. The first kappa shape index (κ1) is 13.0. The molecular formula is C11H12BrIO2. The summed E-state index contributed by atoms with van der Waals surface area (Å²) in [4.78, 5) is 11.5. The van der Waals surface area contributed by atoms with Crippen molar-refractivity contribution in [3.8, 4) is 0 Å². The van der Waals surface area contributed by atoms with Gasteiger partial charge in [-0.25, -0.2) is 4.79 Å². The lowest BCUT2D eigenvalue weighted by atomic mass is 10.2. The molecule has 0 aliphatic rings. The van der Waals surface area contributed by atoms with Crippen molar-refractivity contribution in [1.82, 2.24) is 0 Å². The summed E-state index contributed by atoms with van der Waals surface area (Å²) < 4.78 is 6.22. The molecule has 0 spiro atoms. The third-order valence-electron chi connectivity index (χ3n) is 1.84. The van der Waals surface area contributed by atoms with Crippen LogP contribution in [0.2, 0.25) is 0 Å². The molecule has 0 aliphatic heterocycles. The van der Waals surface area contributed by atoms with Gasteiger partial charge in [-0.2, -0.15) is 0 Å². The van der Waals surface area contributed by atoms with Crippen molar-refractivity contribution in [3.05, 3.63) is 33.4 Å². The van der Waals surface area contributed by atoms with Crippen LogP contribution in [0.1, 0.15) is 23.2 Å². The number of ether oxygens (including phenoxy) is 1. The first-order chi connectivity index (χ1) is 7.24. The summed E-state index contributed by atoms with van der Waals surface area (Å²) in [5.74, 6) is -0.235. The Labute approximate surface area is 112 Å². The lowest BCUT2D eigenvalue weighted by Crippen LogP contribution is -2.06. The van der Waals surface area contributed by atoms with E-state index in [4.69, 9.17) is 4.74 Å². The molecule has 0 amide bonds. The maximum Gasteiger partial charge on any atom is 0.338 e. The minimum absolute atomic E-state index is 0.235. The molecule has 0 bridgehead atoms. The summed E-state index contributed by atoms with van der Waals surface area (Å²) in [5.41, 5.74) is 0.620. The monoisotopic (exact) mass is 382 g/mol. The van der Waals surface area contributed by atoms with E-state index in [-0.39, 0.29) is 5.97 Å². The van der Waals surface area contributed by atoms with Crippen LogP contribution in [0.25, 0.3) is 0 Å². The molecule has 0 N–H and O–H groups in total. The number of benzene rings is 1. The standard InChI is InChI=1S/C11H12BrIO2/c12-7-1-2-8-15-11(14)9-3-5-10(13)6-4-9/h3-6H,1-2,7-8H2. The highest BCUT2D eigenvalue weighted by Crippen LogP contribution is 2.08. The smallest absolute Gasteiger partial charge is 0.338 e. The van der Waals surface area contributed by atoms with E-state index >= 15 is 0 Å². The average molecular weight is 383 g/mol. The van der Waals surface area contributed by atoms with Crippen LogP contribution in [0, 0.1) is 3.57 Å². The summed E-state index contributed by atoms with van der Waals surface area (Å²) in [6, 6.07) is 7.37. The number of carbonyl (C=O) groups excluding carboxylic acids is 1. The van der Waals surface area contributed by atoms with Crippen molar-refractivity contribution in [1.29, 1.82) is 0 Å². The zero-order valence-electron chi connectivity index (χ0n) is 8.21. The number of hydrogen-bond acceptors (Lipinski definition) is 2. The third kappa shape index (κ3) is 4.97. The predicted molar refractivity (Wildman–Crippen MR) is 72.5 cm³/mol. The van der Waals surface area contributed by atoms with Gasteiger partial charge < -0.3 is 4.74 Å². The number of carbonyl (C=O) groups is 1. The van der Waals surface area contributed by atoms with Crippen molar-refractivity contribution in [2.75, 3.05) is 11.9 Å². The van der Waals surface area contributed by atoms with Crippen LogP contribution < -0.4 is 0 Å². The SMILES string of the molecule is O=C(OCCCCBr)c1ccc(I)cc1. The fraction of sp³-hybridized carbons (Fsp3) is 0.364. The highest BCUT2D eigenvalue weighted by Gasteiger charge is 2.05. The van der Waals surface area contributed by atoms with Crippen LogP contribution in [0.4, 0.5) is 0 Å². The van der Waals surface area contributed by atoms with E-state index in [0.29, 0.717) is 12.2 Å². The van der Waals surface area contributed by atoms with Crippen LogP contribution in [0.3, 0.4) is 0 Å². The van der Waals surface area contributed by atoms with E-state index in [2.05, 4.69) is 38.5 Å². The molecule has 0 saturated carbocycles. The van der Waals surface area contributed by atoms with Crippen LogP contribution in [-0.4, -0.2) is 17.9 Å². The second-order valence-corrected chi connectivity index (χ2v) is 5.08. The molecule has 1 aromatic rings. The largest absolute Gasteiger partial charge is 0.462 e. The summed E-state index contributed by atoms with van der Waals surface area (Å²) in [7, 11) is 0. The molecule has 2 nitrogen and oxygen atoms in total. The Morgan fingerprint density at radius 3 is 2.53 bits per heavy atom. The molecule has 0 atom stereocenters. The van der Waals surface area contributed by atoms with Gasteiger partial charge in [0.05, 0.1) is 12.2 Å². The van der Waals surface area contributed by atoms with Gasteiger partial charge >= 0.3 is 5.97 Å². The maximum absolute atomic E-state index is 11.5. The zero-order valence-corrected chi connectivity index (χ0v) is 12.0. The van der Waals surface area contributed by atoms with Crippen LogP contribution >= 0.6 is 38.5 Å². The van der Waals surface area contributed by atoms with Gasteiger partial charge in [0.15, 0.2) is 0 Å². The molecule has 1 rings (SSSR count).